The molecule has 3 aromatic heterocycles. The molecular weight excluding hydrogens is 372 g/mol. The van der Waals surface area contributed by atoms with E-state index in [4.69, 9.17) is 5.11 Å². The molecule has 3 aromatic rings. The number of hydrogen-bond donors (Lipinski definition) is 3. The van der Waals surface area contributed by atoms with E-state index >= 15 is 0 Å². The van der Waals surface area contributed by atoms with Crippen LogP contribution in [-0.4, -0.2) is 38.3 Å². The smallest absolute Gasteiger partial charge is 0.173 e. The van der Waals surface area contributed by atoms with Crippen molar-refractivity contribution in [2.45, 2.75) is 13.8 Å². The second-order valence-corrected chi connectivity index (χ2v) is 6.25. The standard InChI is InChI=1S/C15H17BrN6.CH4O/c1-10(2)7-18-13-6-14(20-11-4-3-5-17-8-11)22-15(21-13)12(16)9-19-22;1-2/h3-6,8-10,20H,7H2,1-2H3,(H,18,21);2H,1H3. The molecule has 3 rings (SSSR count). The summed E-state index contributed by atoms with van der Waals surface area (Å²) in [6, 6.07) is 5.79. The Morgan fingerprint density at radius 3 is 2.75 bits per heavy atom. The number of nitrogens with one attached hydrogen (secondary N) is 2. The Balaban J connectivity index is 0.00000100. The number of halogens is 1. The van der Waals surface area contributed by atoms with Crippen LogP contribution in [0.4, 0.5) is 17.3 Å². The van der Waals surface area contributed by atoms with Crippen molar-refractivity contribution in [3.05, 3.63) is 41.3 Å². The highest BCUT2D eigenvalue weighted by molar-refractivity contribution is 9.10. The van der Waals surface area contributed by atoms with E-state index in [0.29, 0.717) is 5.92 Å². The van der Waals surface area contributed by atoms with E-state index in [0.717, 1.165) is 41.1 Å². The Morgan fingerprint density at radius 2 is 2.08 bits per heavy atom. The minimum Gasteiger partial charge on any atom is -0.400 e. The minimum atomic E-state index is 0.543. The monoisotopic (exact) mass is 392 g/mol. The van der Waals surface area contributed by atoms with Gasteiger partial charge in [-0.1, -0.05) is 13.8 Å². The topological polar surface area (TPSA) is 87.4 Å². The van der Waals surface area contributed by atoms with Crippen molar-refractivity contribution in [1.29, 1.82) is 0 Å². The van der Waals surface area contributed by atoms with Crippen molar-refractivity contribution < 1.29 is 5.11 Å². The second-order valence-electron chi connectivity index (χ2n) is 5.40. The van der Waals surface area contributed by atoms with Crippen LogP contribution in [0.15, 0.2) is 41.3 Å². The Kier molecular flexibility index (Phi) is 6.51. The van der Waals surface area contributed by atoms with Gasteiger partial charge in [0.25, 0.3) is 0 Å². The number of aliphatic hydroxyl groups excluding tert-OH is 1. The first kappa shape index (κ1) is 18.2. The first-order valence-electron chi connectivity index (χ1n) is 7.53. The van der Waals surface area contributed by atoms with Gasteiger partial charge in [0.15, 0.2) is 5.65 Å². The average Bonchev–Trinajstić information content (AvgIpc) is 2.97. The molecule has 0 saturated heterocycles. The van der Waals surface area contributed by atoms with Crippen LogP contribution < -0.4 is 10.6 Å². The van der Waals surface area contributed by atoms with Gasteiger partial charge >= 0.3 is 0 Å². The third-order valence-corrected chi connectivity index (χ3v) is 3.61. The number of hydrogen-bond acceptors (Lipinski definition) is 6. The van der Waals surface area contributed by atoms with E-state index in [1.54, 1.807) is 23.1 Å². The number of nitrogens with zero attached hydrogens (tertiary/aromatic N) is 4. The lowest BCUT2D eigenvalue weighted by Crippen LogP contribution is -2.11. The van der Waals surface area contributed by atoms with E-state index in [-0.39, 0.29) is 0 Å². The van der Waals surface area contributed by atoms with Gasteiger partial charge in [-0.15, -0.1) is 0 Å². The van der Waals surface area contributed by atoms with Crippen LogP contribution in [0.3, 0.4) is 0 Å². The number of pyridine rings is 1. The van der Waals surface area contributed by atoms with Gasteiger partial charge in [-0.3, -0.25) is 4.98 Å². The zero-order valence-corrected chi connectivity index (χ0v) is 15.4. The van der Waals surface area contributed by atoms with Gasteiger partial charge < -0.3 is 15.7 Å². The molecule has 8 heteroatoms. The predicted octanol–water partition coefficient (Wildman–Crippen LogP) is 3.31. The van der Waals surface area contributed by atoms with Crippen LogP contribution in [0.1, 0.15) is 13.8 Å². The van der Waals surface area contributed by atoms with Crippen LogP contribution >= 0.6 is 15.9 Å². The number of aromatic nitrogens is 4. The summed E-state index contributed by atoms with van der Waals surface area (Å²) in [5.41, 5.74) is 1.66. The Morgan fingerprint density at radius 1 is 1.29 bits per heavy atom. The molecule has 0 amide bonds. The highest BCUT2D eigenvalue weighted by Crippen LogP contribution is 2.24. The molecule has 0 bridgehead atoms. The van der Waals surface area contributed by atoms with Gasteiger partial charge in [0.1, 0.15) is 11.6 Å². The molecule has 0 aliphatic carbocycles. The molecule has 3 N–H and O–H groups in total. The van der Waals surface area contributed by atoms with E-state index < -0.39 is 0 Å². The molecule has 24 heavy (non-hydrogen) atoms. The van der Waals surface area contributed by atoms with Gasteiger partial charge in [0, 0.05) is 25.9 Å². The SMILES string of the molecule is CC(C)CNc1cc(Nc2cccnc2)n2ncc(Br)c2n1.CO. The zero-order chi connectivity index (χ0) is 17.5. The Bertz CT molecular complexity index is 775. The summed E-state index contributed by atoms with van der Waals surface area (Å²) >= 11 is 3.49. The molecule has 3 heterocycles. The van der Waals surface area contributed by atoms with Gasteiger partial charge in [-0.2, -0.15) is 9.61 Å². The zero-order valence-electron chi connectivity index (χ0n) is 13.9. The van der Waals surface area contributed by atoms with Crippen LogP contribution in [0.25, 0.3) is 5.65 Å². The lowest BCUT2D eigenvalue weighted by atomic mass is 10.2. The summed E-state index contributed by atoms with van der Waals surface area (Å²) in [5.74, 6) is 2.19. The fourth-order valence-electron chi connectivity index (χ4n) is 2.01. The molecule has 0 radical (unpaired) electrons. The van der Waals surface area contributed by atoms with Crippen molar-refractivity contribution in [3.63, 3.8) is 0 Å². The fourth-order valence-corrected chi connectivity index (χ4v) is 2.36. The average molecular weight is 393 g/mol. The van der Waals surface area contributed by atoms with Crippen LogP contribution in [0.5, 0.6) is 0 Å². The van der Waals surface area contributed by atoms with Gasteiger partial charge in [0.05, 0.1) is 22.6 Å². The normalized spacial score (nSPS) is 10.4. The van der Waals surface area contributed by atoms with Gasteiger partial charge in [0.2, 0.25) is 0 Å². The summed E-state index contributed by atoms with van der Waals surface area (Å²) in [5, 5.41) is 18.0. The summed E-state index contributed by atoms with van der Waals surface area (Å²) in [6.07, 6.45) is 5.25. The Hall–Kier alpha value is -2.19. The highest BCUT2D eigenvalue weighted by Gasteiger charge is 2.10. The Labute approximate surface area is 149 Å². The molecule has 0 aliphatic heterocycles. The molecule has 0 spiro atoms. The van der Waals surface area contributed by atoms with Crippen molar-refractivity contribution in [2.75, 3.05) is 24.3 Å². The van der Waals surface area contributed by atoms with Gasteiger partial charge in [-0.25, -0.2) is 4.98 Å². The fraction of sp³-hybridized carbons (Fsp3) is 0.312. The summed E-state index contributed by atoms with van der Waals surface area (Å²) in [7, 11) is 1.00. The summed E-state index contributed by atoms with van der Waals surface area (Å²) < 4.78 is 2.62. The van der Waals surface area contributed by atoms with E-state index in [1.807, 2.05) is 18.2 Å². The van der Waals surface area contributed by atoms with Gasteiger partial charge in [-0.05, 0) is 34.0 Å². The van der Waals surface area contributed by atoms with Crippen LogP contribution in [0, 0.1) is 5.92 Å². The van der Waals surface area contributed by atoms with E-state index in [1.165, 1.54) is 0 Å². The van der Waals surface area contributed by atoms with Crippen molar-refractivity contribution >= 4 is 38.9 Å². The molecule has 0 aromatic carbocycles. The largest absolute Gasteiger partial charge is 0.400 e. The number of fused-ring (bicyclic) bond motifs is 1. The third kappa shape index (κ3) is 4.42. The molecule has 0 aliphatic rings. The lowest BCUT2D eigenvalue weighted by molar-refractivity contribution is 0.399. The molecular formula is C16H21BrN6O. The van der Waals surface area contributed by atoms with E-state index in [2.05, 4.69) is 55.5 Å². The first-order chi connectivity index (χ1) is 11.6. The van der Waals surface area contributed by atoms with Crippen LogP contribution in [-0.2, 0) is 0 Å². The minimum absolute atomic E-state index is 0.543. The first-order valence-corrected chi connectivity index (χ1v) is 8.32. The third-order valence-electron chi connectivity index (χ3n) is 3.05. The van der Waals surface area contributed by atoms with Crippen LogP contribution in [0.2, 0.25) is 0 Å². The summed E-state index contributed by atoms with van der Waals surface area (Å²) in [6.45, 7) is 5.19. The maximum Gasteiger partial charge on any atom is 0.173 e. The molecule has 7 nitrogen and oxygen atoms in total. The molecule has 0 saturated carbocycles. The number of rotatable bonds is 5. The maximum absolute atomic E-state index is 7.00. The highest BCUT2D eigenvalue weighted by atomic mass is 79.9. The van der Waals surface area contributed by atoms with E-state index in [9.17, 15) is 0 Å². The predicted molar refractivity (Wildman–Crippen MR) is 99.7 cm³/mol. The van der Waals surface area contributed by atoms with Crippen molar-refractivity contribution in [2.24, 2.45) is 5.92 Å². The molecule has 0 unspecified atom stereocenters. The second kappa shape index (κ2) is 8.60. The number of anilines is 3. The quantitative estimate of drug-likeness (QED) is 0.617. The molecule has 0 fully saturated rings. The van der Waals surface area contributed by atoms with Crippen molar-refractivity contribution in [1.82, 2.24) is 19.6 Å². The number of aliphatic hydroxyl groups is 1. The maximum atomic E-state index is 7.00. The summed E-state index contributed by atoms with van der Waals surface area (Å²) in [4.78, 5) is 8.71. The lowest BCUT2D eigenvalue weighted by Gasteiger charge is -2.12. The van der Waals surface area contributed by atoms with Crippen molar-refractivity contribution in [3.8, 4) is 0 Å². The molecule has 128 valence electrons. The molecule has 0 atom stereocenters.